The van der Waals surface area contributed by atoms with Gasteiger partial charge in [-0.15, -0.1) is 0 Å². The number of nitrogens with zero attached hydrogens (tertiary/aromatic N) is 1. The first-order valence-electron chi connectivity index (χ1n) is 10.8. The van der Waals surface area contributed by atoms with Crippen LogP contribution in [0.5, 0.6) is 11.5 Å². The third-order valence-corrected chi connectivity index (χ3v) is 5.90. The molecule has 0 unspecified atom stereocenters. The first-order valence-corrected chi connectivity index (χ1v) is 10.8. The van der Waals surface area contributed by atoms with Crippen LogP contribution >= 0.6 is 0 Å². The van der Waals surface area contributed by atoms with Gasteiger partial charge in [0.2, 0.25) is 0 Å². The van der Waals surface area contributed by atoms with Gasteiger partial charge in [-0.2, -0.15) is 0 Å². The molecule has 0 aromatic heterocycles. The highest BCUT2D eigenvalue weighted by molar-refractivity contribution is 5.57. The van der Waals surface area contributed by atoms with Gasteiger partial charge >= 0.3 is 0 Å². The highest BCUT2D eigenvalue weighted by Gasteiger charge is 2.23. The van der Waals surface area contributed by atoms with Crippen LogP contribution in [-0.2, 0) is 0 Å². The molecule has 3 aromatic carbocycles. The van der Waals surface area contributed by atoms with Crippen LogP contribution in [0.2, 0.25) is 0 Å². The Kier molecular flexibility index (Phi) is 6.91. The standard InChI is InChI=1S/C27H34N2O2/c1-17-14-25(30)19(3)12-23(17)27(24-13-20(4)26(31)15-18(24)2)21-8-7-9-22(16-21)28-10-11-29(5)6/h7-9,12-16,27-28,30-31H,10-11H2,1-6H3. The zero-order chi connectivity index (χ0) is 22.7. The minimum absolute atomic E-state index is 0.00537. The van der Waals surface area contributed by atoms with Gasteiger partial charge in [-0.3, -0.25) is 0 Å². The Balaban J connectivity index is 2.14. The maximum Gasteiger partial charge on any atom is 0.118 e. The summed E-state index contributed by atoms with van der Waals surface area (Å²) in [5.74, 6) is 0.629. The van der Waals surface area contributed by atoms with E-state index in [0.29, 0.717) is 11.5 Å². The number of hydrogen-bond acceptors (Lipinski definition) is 4. The molecule has 0 aliphatic rings. The number of aromatic hydroxyl groups is 2. The predicted molar refractivity (Wildman–Crippen MR) is 130 cm³/mol. The Morgan fingerprint density at radius 1 is 0.774 bits per heavy atom. The highest BCUT2D eigenvalue weighted by atomic mass is 16.3. The quantitative estimate of drug-likeness (QED) is 0.444. The summed E-state index contributed by atoms with van der Waals surface area (Å²) in [5, 5.41) is 24.0. The topological polar surface area (TPSA) is 55.7 Å². The Bertz CT molecular complexity index is 1020. The molecule has 0 fully saturated rings. The number of anilines is 1. The molecule has 0 radical (unpaired) electrons. The monoisotopic (exact) mass is 418 g/mol. The lowest BCUT2D eigenvalue weighted by molar-refractivity contribution is 0.425. The maximum atomic E-state index is 10.2. The zero-order valence-corrected chi connectivity index (χ0v) is 19.5. The van der Waals surface area contributed by atoms with Crippen LogP contribution in [0.15, 0.2) is 48.5 Å². The molecule has 3 rings (SSSR count). The van der Waals surface area contributed by atoms with Gasteiger partial charge in [0, 0.05) is 24.7 Å². The van der Waals surface area contributed by atoms with E-state index in [-0.39, 0.29) is 5.92 Å². The van der Waals surface area contributed by atoms with E-state index in [2.05, 4.69) is 60.7 Å². The van der Waals surface area contributed by atoms with E-state index in [1.807, 2.05) is 39.8 Å². The van der Waals surface area contributed by atoms with Crippen LogP contribution in [0.25, 0.3) is 0 Å². The van der Waals surface area contributed by atoms with E-state index < -0.39 is 0 Å². The SMILES string of the molecule is Cc1cc(C(c2cccc(NCCN(C)C)c2)c2cc(C)c(O)cc2C)c(C)cc1O. The van der Waals surface area contributed by atoms with Gasteiger partial charge < -0.3 is 20.4 Å². The molecular weight excluding hydrogens is 384 g/mol. The molecule has 3 N–H and O–H groups in total. The summed E-state index contributed by atoms with van der Waals surface area (Å²) in [6.07, 6.45) is 0. The van der Waals surface area contributed by atoms with E-state index >= 15 is 0 Å². The highest BCUT2D eigenvalue weighted by Crippen LogP contribution is 2.40. The molecule has 4 nitrogen and oxygen atoms in total. The molecule has 164 valence electrons. The Labute approximate surface area is 186 Å². The lowest BCUT2D eigenvalue weighted by atomic mass is 9.80. The van der Waals surface area contributed by atoms with Crippen LogP contribution in [0.4, 0.5) is 5.69 Å². The number of aryl methyl sites for hydroxylation is 4. The van der Waals surface area contributed by atoms with Crippen molar-refractivity contribution in [1.29, 1.82) is 0 Å². The number of phenols is 2. The minimum Gasteiger partial charge on any atom is -0.508 e. The normalized spacial score (nSPS) is 11.4. The summed E-state index contributed by atoms with van der Waals surface area (Å²) < 4.78 is 0. The maximum absolute atomic E-state index is 10.2. The number of benzene rings is 3. The Hall–Kier alpha value is -2.98. The van der Waals surface area contributed by atoms with E-state index in [1.165, 1.54) is 5.56 Å². The average molecular weight is 419 g/mol. The van der Waals surface area contributed by atoms with Crippen molar-refractivity contribution in [3.8, 4) is 11.5 Å². The first-order chi connectivity index (χ1) is 14.7. The number of phenolic OH excluding ortho intramolecular Hbond substituents is 2. The van der Waals surface area contributed by atoms with Crippen molar-refractivity contribution in [2.24, 2.45) is 0 Å². The van der Waals surface area contributed by atoms with Gasteiger partial charge in [-0.05, 0) is 105 Å². The summed E-state index contributed by atoms with van der Waals surface area (Å²) in [5.41, 5.74) is 8.40. The molecular formula is C27H34N2O2. The van der Waals surface area contributed by atoms with Crippen molar-refractivity contribution < 1.29 is 10.2 Å². The van der Waals surface area contributed by atoms with E-state index in [0.717, 1.165) is 52.2 Å². The largest absolute Gasteiger partial charge is 0.508 e. The second kappa shape index (κ2) is 9.44. The number of hydrogen-bond donors (Lipinski definition) is 3. The molecule has 0 aliphatic heterocycles. The molecule has 0 amide bonds. The van der Waals surface area contributed by atoms with Crippen molar-refractivity contribution in [3.05, 3.63) is 87.5 Å². The fourth-order valence-electron chi connectivity index (χ4n) is 4.05. The van der Waals surface area contributed by atoms with Crippen LogP contribution in [0.3, 0.4) is 0 Å². The second-order valence-electron chi connectivity index (χ2n) is 8.78. The third kappa shape index (κ3) is 5.20. The van der Waals surface area contributed by atoms with E-state index in [1.54, 1.807) is 0 Å². The molecule has 0 bridgehead atoms. The Morgan fingerprint density at radius 3 is 1.84 bits per heavy atom. The molecule has 0 saturated heterocycles. The molecule has 0 spiro atoms. The van der Waals surface area contributed by atoms with Gasteiger partial charge in [-0.1, -0.05) is 24.3 Å². The molecule has 0 saturated carbocycles. The molecule has 0 atom stereocenters. The number of likely N-dealkylation sites (N-methyl/N-ethyl adjacent to an activating group) is 1. The van der Waals surface area contributed by atoms with Crippen molar-refractivity contribution in [2.45, 2.75) is 33.6 Å². The first kappa shape index (κ1) is 22.7. The van der Waals surface area contributed by atoms with Crippen molar-refractivity contribution in [2.75, 3.05) is 32.5 Å². The van der Waals surface area contributed by atoms with Gasteiger partial charge in [0.1, 0.15) is 11.5 Å². The van der Waals surface area contributed by atoms with Gasteiger partial charge in [-0.25, -0.2) is 0 Å². The summed E-state index contributed by atoms with van der Waals surface area (Å²) in [6.45, 7) is 9.79. The Morgan fingerprint density at radius 2 is 1.32 bits per heavy atom. The van der Waals surface area contributed by atoms with Gasteiger partial charge in [0.15, 0.2) is 0 Å². The van der Waals surface area contributed by atoms with Crippen LogP contribution in [0.1, 0.15) is 44.9 Å². The smallest absolute Gasteiger partial charge is 0.118 e. The summed E-state index contributed by atoms with van der Waals surface area (Å²) in [7, 11) is 4.14. The molecule has 3 aromatic rings. The average Bonchev–Trinajstić information content (AvgIpc) is 2.70. The summed E-state index contributed by atoms with van der Waals surface area (Å²) in [4.78, 5) is 2.16. The molecule has 0 heterocycles. The van der Waals surface area contributed by atoms with Crippen molar-refractivity contribution in [1.82, 2.24) is 4.90 Å². The van der Waals surface area contributed by atoms with Crippen LogP contribution in [-0.4, -0.2) is 42.3 Å². The fraction of sp³-hybridized carbons (Fsp3) is 0.333. The lowest BCUT2D eigenvalue weighted by Gasteiger charge is -2.25. The summed E-state index contributed by atoms with van der Waals surface area (Å²) in [6, 6.07) is 16.4. The van der Waals surface area contributed by atoms with Gasteiger partial charge in [0.05, 0.1) is 0 Å². The predicted octanol–water partition coefficient (Wildman–Crippen LogP) is 5.49. The second-order valence-corrected chi connectivity index (χ2v) is 8.78. The molecule has 31 heavy (non-hydrogen) atoms. The molecule has 0 aliphatic carbocycles. The summed E-state index contributed by atoms with van der Waals surface area (Å²) >= 11 is 0. The fourth-order valence-corrected chi connectivity index (χ4v) is 4.05. The zero-order valence-electron chi connectivity index (χ0n) is 19.5. The van der Waals surface area contributed by atoms with Crippen molar-refractivity contribution in [3.63, 3.8) is 0 Å². The molecule has 4 heteroatoms. The van der Waals surface area contributed by atoms with Crippen LogP contribution in [0, 0.1) is 27.7 Å². The third-order valence-electron chi connectivity index (χ3n) is 5.90. The number of nitrogens with one attached hydrogen (secondary N) is 1. The van der Waals surface area contributed by atoms with Crippen molar-refractivity contribution >= 4 is 5.69 Å². The van der Waals surface area contributed by atoms with E-state index in [4.69, 9.17) is 0 Å². The minimum atomic E-state index is -0.00537. The van der Waals surface area contributed by atoms with Gasteiger partial charge in [0.25, 0.3) is 0 Å². The number of rotatable bonds is 7. The van der Waals surface area contributed by atoms with E-state index in [9.17, 15) is 10.2 Å². The van der Waals surface area contributed by atoms with Crippen LogP contribution < -0.4 is 5.32 Å². The lowest BCUT2D eigenvalue weighted by Crippen LogP contribution is -2.20.